The molecule has 0 spiro atoms. The first-order valence-electron chi connectivity index (χ1n) is 9.38. The van der Waals surface area contributed by atoms with Crippen molar-refractivity contribution in [2.24, 2.45) is 12.8 Å². The Bertz CT molecular complexity index is 1590. The van der Waals surface area contributed by atoms with Crippen LogP contribution < -0.4 is 11.3 Å². The highest BCUT2D eigenvalue weighted by Gasteiger charge is 2.21. The molecule has 0 bridgehead atoms. The number of nitrogens with zero attached hydrogens (tertiary/aromatic N) is 4. The first kappa shape index (κ1) is 19.5. The zero-order valence-corrected chi connectivity index (χ0v) is 17.9. The second-order valence-electron chi connectivity index (χ2n) is 7.05. The first-order chi connectivity index (χ1) is 15.0. The van der Waals surface area contributed by atoms with Gasteiger partial charge < -0.3 is 5.73 Å². The Balaban J connectivity index is 1.79. The van der Waals surface area contributed by atoms with Crippen LogP contribution in [0.3, 0.4) is 0 Å². The number of aryl methyl sites for hydroxylation is 1. The van der Waals surface area contributed by atoms with Gasteiger partial charge in [-0.15, -0.1) is 11.3 Å². The van der Waals surface area contributed by atoms with E-state index in [9.17, 15) is 10.1 Å². The number of thiophene rings is 1. The molecular weight excluding hydrogens is 432 g/mol. The molecule has 0 aliphatic carbocycles. The lowest BCUT2D eigenvalue weighted by Crippen LogP contribution is -2.13. The smallest absolute Gasteiger partial charge is 0.272 e. The molecule has 0 aliphatic heterocycles. The Hall–Kier alpha value is -3.51. The van der Waals surface area contributed by atoms with Gasteiger partial charge in [-0.2, -0.15) is 15.5 Å². The molecule has 0 saturated carbocycles. The van der Waals surface area contributed by atoms with Crippen LogP contribution >= 0.6 is 22.9 Å². The second-order valence-corrected chi connectivity index (χ2v) is 8.54. The fourth-order valence-corrected chi connectivity index (χ4v) is 5.20. The van der Waals surface area contributed by atoms with Gasteiger partial charge in [0.2, 0.25) is 0 Å². The van der Waals surface area contributed by atoms with Crippen LogP contribution in [0.2, 0.25) is 5.02 Å². The molecule has 9 heteroatoms. The number of halogens is 1. The Morgan fingerprint density at radius 2 is 2.06 bits per heavy atom. The molecule has 0 unspecified atom stereocenters. The second kappa shape index (κ2) is 7.32. The summed E-state index contributed by atoms with van der Waals surface area (Å²) >= 11 is 7.69. The number of aromatic nitrogens is 4. The number of nitriles is 1. The Labute approximate surface area is 185 Å². The molecule has 5 rings (SSSR count). The van der Waals surface area contributed by atoms with Crippen molar-refractivity contribution in [3.63, 3.8) is 0 Å². The van der Waals surface area contributed by atoms with Gasteiger partial charge in [-0.25, -0.2) is 5.10 Å². The summed E-state index contributed by atoms with van der Waals surface area (Å²) in [6.07, 6.45) is 1.76. The van der Waals surface area contributed by atoms with Crippen LogP contribution in [0, 0.1) is 11.3 Å². The predicted molar refractivity (Wildman–Crippen MR) is 123 cm³/mol. The molecule has 0 aliphatic rings. The van der Waals surface area contributed by atoms with Crippen LogP contribution in [0.1, 0.15) is 11.3 Å². The van der Waals surface area contributed by atoms with E-state index in [0.29, 0.717) is 27.1 Å². The van der Waals surface area contributed by atoms with Crippen LogP contribution in [0.5, 0.6) is 0 Å². The van der Waals surface area contributed by atoms with Gasteiger partial charge >= 0.3 is 0 Å². The number of hydrogen-bond donors (Lipinski definition) is 2. The number of benzene rings is 2. The number of nitrogens with two attached hydrogens (primary N) is 1. The van der Waals surface area contributed by atoms with Crippen LogP contribution in [0.25, 0.3) is 42.6 Å². The first-order valence-corrected chi connectivity index (χ1v) is 10.6. The molecule has 0 atom stereocenters. The SMILES string of the molecule is Cn1ncc(-c2ccc3c(=O)[nH]nc(CN)c3c2)c1-c1sc2ccc(Cl)cc2c1C#N. The van der Waals surface area contributed by atoms with Gasteiger partial charge in [0.05, 0.1) is 33.4 Å². The van der Waals surface area contributed by atoms with E-state index in [1.807, 2.05) is 37.4 Å². The Kier molecular flexibility index (Phi) is 4.59. The normalized spacial score (nSPS) is 11.3. The van der Waals surface area contributed by atoms with E-state index >= 15 is 0 Å². The van der Waals surface area contributed by atoms with E-state index in [1.54, 1.807) is 16.9 Å². The van der Waals surface area contributed by atoms with Crippen LogP contribution in [-0.4, -0.2) is 20.0 Å². The van der Waals surface area contributed by atoms with E-state index in [-0.39, 0.29) is 12.1 Å². The van der Waals surface area contributed by atoms with Gasteiger partial charge in [0.1, 0.15) is 6.07 Å². The summed E-state index contributed by atoms with van der Waals surface area (Å²) in [5.74, 6) is 0. The fourth-order valence-electron chi connectivity index (χ4n) is 3.81. The van der Waals surface area contributed by atoms with E-state index < -0.39 is 0 Å². The van der Waals surface area contributed by atoms with Crippen molar-refractivity contribution in [2.75, 3.05) is 0 Å². The average molecular weight is 447 g/mol. The van der Waals surface area contributed by atoms with Crippen molar-refractivity contribution >= 4 is 43.8 Å². The molecule has 31 heavy (non-hydrogen) atoms. The van der Waals surface area contributed by atoms with Crippen molar-refractivity contribution in [3.05, 3.63) is 69.2 Å². The quantitative estimate of drug-likeness (QED) is 0.431. The number of rotatable bonds is 3. The van der Waals surface area contributed by atoms with Crippen molar-refractivity contribution < 1.29 is 0 Å². The van der Waals surface area contributed by atoms with Gasteiger partial charge in [-0.3, -0.25) is 9.48 Å². The largest absolute Gasteiger partial charge is 0.325 e. The minimum atomic E-state index is -0.265. The van der Waals surface area contributed by atoms with E-state index in [4.69, 9.17) is 17.3 Å². The lowest BCUT2D eigenvalue weighted by Gasteiger charge is -2.08. The third kappa shape index (κ3) is 3.02. The van der Waals surface area contributed by atoms with Gasteiger partial charge in [0, 0.05) is 39.7 Å². The van der Waals surface area contributed by atoms with Gasteiger partial charge in [-0.05, 0) is 35.9 Å². The third-order valence-electron chi connectivity index (χ3n) is 5.29. The predicted octanol–water partition coefficient (Wildman–Crippen LogP) is 4.19. The summed E-state index contributed by atoms with van der Waals surface area (Å²) in [6, 6.07) is 13.4. The maximum Gasteiger partial charge on any atom is 0.272 e. The van der Waals surface area contributed by atoms with E-state index in [0.717, 1.165) is 31.8 Å². The topological polar surface area (TPSA) is 113 Å². The molecule has 0 fully saturated rings. The van der Waals surface area contributed by atoms with Gasteiger partial charge in [-0.1, -0.05) is 17.7 Å². The van der Waals surface area contributed by atoms with Gasteiger partial charge in [0.25, 0.3) is 5.56 Å². The number of fused-ring (bicyclic) bond motifs is 2. The van der Waals surface area contributed by atoms with Gasteiger partial charge in [0.15, 0.2) is 0 Å². The molecule has 3 heterocycles. The minimum Gasteiger partial charge on any atom is -0.325 e. The summed E-state index contributed by atoms with van der Waals surface area (Å²) in [5.41, 5.74) is 9.26. The summed E-state index contributed by atoms with van der Waals surface area (Å²) in [4.78, 5) is 13.0. The Morgan fingerprint density at radius 1 is 1.23 bits per heavy atom. The highest BCUT2D eigenvalue weighted by molar-refractivity contribution is 7.22. The minimum absolute atomic E-state index is 0.201. The number of aromatic amines is 1. The van der Waals surface area contributed by atoms with Crippen LogP contribution in [0.15, 0.2) is 47.4 Å². The maximum absolute atomic E-state index is 12.2. The third-order valence-corrected chi connectivity index (χ3v) is 6.70. The maximum atomic E-state index is 12.2. The van der Waals surface area contributed by atoms with Crippen molar-refractivity contribution in [1.82, 2.24) is 20.0 Å². The molecule has 5 aromatic rings. The van der Waals surface area contributed by atoms with E-state index in [2.05, 4.69) is 21.4 Å². The van der Waals surface area contributed by atoms with E-state index in [1.165, 1.54) is 11.3 Å². The summed E-state index contributed by atoms with van der Waals surface area (Å²) < 4.78 is 2.73. The number of nitrogens with one attached hydrogen (secondary N) is 1. The van der Waals surface area contributed by atoms with Crippen LogP contribution in [0.4, 0.5) is 0 Å². The number of H-pyrrole nitrogens is 1. The monoisotopic (exact) mass is 446 g/mol. The summed E-state index contributed by atoms with van der Waals surface area (Å²) in [5, 5.41) is 23.5. The fraction of sp³-hybridized carbons (Fsp3) is 0.0909. The molecule has 0 saturated heterocycles. The summed E-state index contributed by atoms with van der Waals surface area (Å²) in [7, 11) is 1.84. The lowest BCUT2D eigenvalue weighted by molar-refractivity contribution is 0.777. The van der Waals surface area contributed by atoms with Crippen molar-refractivity contribution in [3.8, 4) is 27.8 Å². The number of hydrogen-bond acceptors (Lipinski definition) is 6. The molecule has 152 valence electrons. The molecule has 0 radical (unpaired) electrons. The molecule has 0 amide bonds. The standard InChI is InChI=1S/C22H15ClN6OS/c1-29-20(21-16(8-24)15-7-12(23)3-5-19(15)31-21)17(10-26-29)11-2-4-13-14(6-11)18(9-25)27-28-22(13)30/h2-7,10H,9,25H2,1H3,(H,28,30). The molecular formula is C22H15ClN6OS. The molecule has 3 aromatic heterocycles. The zero-order valence-electron chi connectivity index (χ0n) is 16.3. The highest BCUT2D eigenvalue weighted by Crippen LogP contribution is 2.43. The van der Waals surface area contributed by atoms with Crippen molar-refractivity contribution in [2.45, 2.75) is 6.54 Å². The average Bonchev–Trinajstić information content (AvgIpc) is 3.33. The lowest BCUT2D eigenvalue weighted by atomic mass is 9.99. The highest BCUT2D eigenvalue weighted by atomic mass is 35.5. The Morgan fingerprint density at radius 3 is 2.84 bits per heavy atom. The summed E-state index contributed by atoms with van der Waals surface area (Å²) in [6.45, 7) is 0.201. The zero-order chi connectivity index (χ0) is 21.7. The molecule has 2 aromatic carbocycles. The van der Waals surface area contributed by atoms with Crippen LogP contribution in [-0.2, 0) is 13.6 Å². The molecule has 7 nitrogen and oxygen atoms in total. The van der Waals surface area contributed by atoms with Crippen molar-refractivity contribution in [1.29, 1.82) is 5.26 Å². The molecule has 3 N–H and O–H groups in total.